The zero-order chi connectivity index (χ0) is 17.2. The van der Waals surface area contributed by atoms with Crippen molar-refractivity contribution in [3.05, 3.63) is 29.8 Å². The summed E-state index contributed by atoms with van der Waals surface area (Å²) in [6.45, 7) is 1.74. The normalized spacial score (nSPS) is 9.65. The highest BCUT2D eigenvalue weighted by molar-refractivity contribution is 5.96. The van der Waals surface area contributed by atoms with Crippen LogP contribution in [0.2, 0.25) is 0 Å². The number of methoxy groups -OCH3 is 1. The third-order valence-corrected chi connectivity index (χ3v) is 2.85. The summed E-state index contributed by atoms with van der Waals surface area (Å²) in [4.78, 5) is 45.4. The second-order valence-corrected chi connectivity index (χ2v) is 4.56. The molecule has 0 spiro atoms. The molecular weight excluding hydrogens is 302 g/mol. The Morgan fingerprint density at radius 3 is 2.17 bits per heavy atom. The molecule has 0 aliphatic heterocycles. The van der Waals surface area contributed by atoms with E-state index in [1.165, 1.54) is 19.2 Å². The molecule has 0 aliphatic carbocycles. The van der Waals surface area contributed by atoms with Gasteiger partial charge in [-0.2, -0.15) is 0 Å². The van der Waals surface area contributed by atoms with Crippen molar-refractivity contribution >= 4 is 29.4 Å². The van der Waals surface area contributed by atoms with Crippen molar-refractivity contribution in [1.29, 1.82) is 0 Å². The molecule has 0 radical (unpaired) electrons. The van der Waals surface area contributed by atoms with Gasteiger partial charge in [-0.1, -0.05) is 6.92 Å². The molecule has 0 unspecified atom stereocenters. The lowest BCUT2D eigenvalue weighted by atomic mass is 10.2. The van der Waals surface area contributed by atoms with Gasteiger partial charge in [-0.25, -0.2) is 0 Å². The Labute approximate surface area is 133 Å². The van der Waals surface area contributed by atoms with E-state index in [4.69, 9.17) is 0 Å². The molecule has 1 rings (SSSR count). The lowest BCUT2D eigenvalue weighted by molar-refractivity contribution is -0.142. The molecule has 3 N–H and O–H groups in total. The second-order valence-electron chi connectivity index (χ2n) is 4.56. The fourth-order valence-corrected chi connectivity index (χ4v) is 1.53. The minimum Gasteiger partial charge on any atom is -0.469 e. The van der Waals surface area contributed by atoms with Crippen molar-refractivity contribution in [2.45, 2.75) is 26.2 Å². The summed E-state index contributed by atoms with van der Waals surface area (Å²) in [5, 5.41) is 2.66. The van der Waals surface area contributed by atoms with Crippen LogP contribution in [-0.2, 0) is 19.1 Å². The molecule has 0 atom stereocenters. The Kier molecular flexibility index (Phi) is 7.25. The maximum atomic E-state index is 11.8. The molecule has 0 fully saturated rings. The lowest BCUT2D eigenvalue weighted by Gasteiger charge is -2.08. The standard InChI is InChI=1S/C15H19N3O5/c1-3-12(19)16-11-6-4-10(5-7-11)15(22)18-17-13(20)8-9-14(21)23-2/h4-7H,3,8-9H2,1-2H3,(H,16,19)(H,17,20)(H,18,22). The van der Waals surface area contributed by atoms with Crippen LogP contribution in [0.1, 0.15) is 36.5 Å². The van der Waals surface area contributed by atoms with E-state index in [1.807, 2.05) is 0 Å². The molecule has 0 saturated heterocycles. The fraction of sp³-hybridized carbons (Fsp3) is 0.333. The highest BCUT2D eigenvalue weighted by Crippen LogP contribution is 2.09. The van der Waals surface area contributed by atoms with Gasteiger partial charge >= 0.3 is 5.97 Å². The number of esters is 1. The van der Waals surface area contributed by atoms with Crippen molar-refractivity contribution in [2.75, 3.05) is 12.4 Å². The summed E-state index contributed by atoms with van der Waals surface area (Å²) in [6.07, 6.45) is 0.207. The topological polar surface area (TPSA) is 114 Å². The number of hydrazine groups is 1. The Balaban J connectivity index is 2.44. The molecule has 0 aromatic heterocycles. The van der Waals surface area contributed by atoms with E-state index < -0.39 is 17.8 Å². The number of anilines is 1. The molecule has 0 bridgehead atoms. The first kappa shape index (κ1) is 18.1. The smallest absolute Gasteiger partial charge is 0.306 e. The molecule has 1 aromatic carbocycles. The summed E-state index contributed by atoms with van der Waals surface area (Å²) in [5.74, 6) is -1.64. The van der Waals surface area contributed by atoms with Gasteiger partial charge in [0.15, 0.2) is 0 Å². The molecule has 0 aliphatic rings. The Hall–Kier alpha value is -2.90. The average Bonchev–Trinajstić information content (AvgIpc) is 2.57. The van der Waals surface area contributed by atoms with E-state index in [2.05, 4.69) is 20.9 Å². The number of benzene rings is 1. The van der Waals surface area contributed by atoms with Gasteiger partial charge in [0, 0.05) is 24.1 Å². The Morgan fingerprint density at radius 2 is 1.61 bits per heavy atom. The van der Waals surface area contributed by atoms with Gasteiger partial charge in [0.25, 0.3) is 5.91 Å². The number of rotatable bonds is 6. The maximum absolute atomic E-state index is 11.8. The molecule has 3 amide bonds. The van der Waals surface area contributed by atoms with E-state index in [0.717, 1.165) is 0 Å². The van der Waals surface area contributed by atoms with E-state index in [0.29, 0.717) is 17.7 Å². The molecule has 8 nitrogen and oxygen atoms in total. The van der Waals surface area contributed by atoms with Crippen LogP contribution in [0.25, 0.3) is 0 Å². The lowest BCUT2D eigenvalue weighted by Crippen LogP contribution is -2.41. The van der Waals surface area contributed by atoms with Gasteiger partial charge in [-0.15, -0.1) is 0 Å². The third-order valence-electron chi connectivity index (χ3n) is 2.85. The molecule has 23 heavy (non-hydrogen) atoms. The molecule has 1 aromatic rings. The van der Waals surface area contributed by atoms with Crippen molar-refractivity contribution in [3.8, 4) is 0 Å². The van der Waals surface area contributed by atoms with Crippen LogP contribution < -0.4 is 16.2 Å². The molecular formula is C15H19N3O5. The second kappa shape index (κ2) is 9.19. The number of carbonyl (C=O) groups excluding carboxylic acids is 4. The molecule has 0 heterocycles. The minimum absolute atomic E-state index is 0.0654. The molecule has 124 valence electrons. The van der Waals surface area contributed by atoms with E-state index in [9.17, 15) is 19.2 Å². The first-order valence-electron chi connectivity index (χ1n) is 7.02. The quantitative estimate of drug-likeness (QED) is 0.528. The van der Waals surface area contributed by atoms with Gasteiger partial charge < -0.3 is 10.1 Å². The Morgan fingerprint density at radius 1 is 0.957 bits per heavy atom. The van der Waals surface area contributed by atoms with Gasteiger partial charge in [0.2, 0.25) is 11.8 Å². The van der Waals surface area contributed by atoms with Gasteiger partial charge in [-0.05, 0) is 24.3 Å². The summed E-state index contributed by atoms with van der Waals surface area (Å²) >= 11 is 0. The number of hydrogen-bond acceptors (Lipinski definition) is 5. The minimum atomic E-state index is -0.509. The van der Waals surface area contributed by atoms with Gasteiger partial charge in [0.05, 0.1) is 13.5 Å². The summed E-state index contributed by atoms with van der Waals surface area (Å²) in [5.41, 5.74) is 5.33. The molecule has 0 saturated carbocycles. The monoisotopic (exact) mass is 321 g/mol. The SMILES string of the molecule is CCC(=O)Nc1ccc(C(=O)NNC(=O)CCC(=O)OC)cc1. The number of nitrogens with one attached hydrogen (secondary N) is 3. The number of carbonyl (C=O) groups is 4. The van der Waals surface area contributed by atoms with Gasteiger partial charge in [0.1, 0.15) is 0 Å². The van der Waals surface area contributed by atoms with E-state index in [-0.39, 0.29) is 18.7 Å². The zero-order valence-corrected chi connectivity index (χ0v) is 13.0. The number of amides is 3. The summed E-state index contributed by atoms with van der Waals surface area (Å²) in [7, 11) is 1.23. The van der Waals surface area contributed by atoms with Gasteiger partial charge in [-0.3, -0.25) is 30.0 Å². The van der Waals surface area contributed by atoms with Crippen molar-refractivity contribution in [3.63, 3.8) is 0 Å². The third kappa shape index (κ3) is 6.60. The van der Waals surface area contributed by atoms with Crippen LogP contribution >= 0.6 is 0 Å². The van der Waals surface area contributed by atoms with Crippen molar-refractivity contribution in [1.82, 2.24) is 10.9 Å². The predicted octanol–water partition coefficient (Wildman–Crippen LogP) is 0.749. The van der Waals surface area contributed by atoms with Crippen LogP contribution in [0.3, 0.4) is 0 Å². The predicted molar refractivity (Wildman–Crippen MR) is 82.2 cm³/mol. The first-order valence-corrected chi connectivity index (χ1v) is 7.02. The summed E-state index contributed by atoms with van der Waals surface area (Å²) in [6, 6.07) is 6.20. The van der Waals surface area contributed by atoms with Crippen LogP contribution in [0.4, 0.5) is 5.69 Å². The first-order chi connectivity index (χ1) is 11.0. The maximum Gasteiger partial charge on any atom is 0.306 e. The van der Waals surface area contributed by atoms with E-state index in [1.54, 1.807) is 19.1 Å². The van der Waals surface area contributed by atoms with Crippen LogP contribution in [0.15, 0.2) is 24.3 Å². The average molecular weight is 321 g/mol. The zero-order valence-electron chi connectivity index (χ0n) is 13.0. The van der Waals surface area contributed by atoms with Crippen LogP contribution in [0.5, 0.6) is 0 Å². The van der Waals surface area contributed by atoms with Crippen LogP contribution in [-0.4, -0.2) is 30.8 Å². The van der Waals surface area contributed by atoms with Crippen molar-refractivity contribution < 1.29 is 23.9 Å². The fourth-order valence-electron chi connectivity index (χ4n) is 1.53. The summed E-state index contributed by atoms with van der Waals surface area (Å²) < 4.78 is 4.41. The largest absolute Gasteiger partial charge is 0.469 e. The Bertz CT molecular complexity index is 583. The van der Waals surface area contributed by atoms with E-state index >= 15 is 0 Å². The highest BCUT2D eigenvalue weighted by atomic mass is 16.5. The number of hydrogen-bond donors (Lipinski definition) is 3. The number of ether oxygens (including phenoxy) is 1. The molecule has 8 heteroatoms. The highest BCUT2D eigenvalue weighted by Gasteiger charge is 2.09. The van der Waals surface area contributed by atoms with Crippen LogP contribution in [0, 0.1) is 0 Å². The van der Waals surface area contributed by atoms with Crippen molar-refractivity contribution in [2.24, 2.45) is 0 Å².